The van der Waals surface area contributed by atoms with Crippen molar-refractivity contribution in [3.05, 3.63) is 46.8 Å². The highest BCUT2D eigenvalue weighted by atomic mass is 32.1. The monoisotopic (exact) mass is 253 g/mol. The highest BCUT2D eigenvalue weighted by Gasteiger charge is 2.14. The molecular weight excluding hydrogens is 240 g/mol. The Bertz CT molecular complexity index is 502. The molecule has 1 atom stereocenters. The Kier molecular flexibility index (Phi) is 3.54. The molecule has 90 valence electrons. The smallest absolute Gasteiger partial charge is 0.134 e. The summed E-state index contributed by atoms with van der Waals surface area (Å²) in [6, 6.07) is 7.37. The summed E-state index contributed by atoms with van der Waals surface area (Å²) in [5.74, 6) is -1.08. The predicted molar refractivity (Wildman–Crippen MR) is 66.9 cm³/mol. The third kappa shape index (κ3) is 2.37. The summed E-state index contributed by atoms with van der Waals surface area (Å²) in [6.45, 7) is 1.98. The minimum absolute atomic E-state index is 0.0343. The van der Waals surface area contributed by atoms with E-state index in [-0.39, 0.29) is 11.6 Å². The lowest BCUT2D eigenvalue weighted by atomic mass is 10.1. The van der Waals surface area contributed by atoms with Crippen LogP contribution in [-0.4, -0.2) is 0 Å². The van der Waals surface area contributed by atoms with Gasteiger partial charge in [0.2, 0.25) is 0 Å². The van der Waals surface area contributed by atoms with Crippen LogP contribution >= 0.6 is 11.3 Å². The second-order valence-electron chi connectivity index (χ2n) is 3.81. The zero-order chi connectivity index (χ0) is 12.4. The lowest BCUT2D eigenvalue weighted by Gasteiger charge is -2.04. The maximum absolute atomic E-state index is 13.6. The van der Waals surface area contributed by atoms with Gasteiger partial charge in [-0.05, 0) is 30.7 Å². The van der Waals surface area contributed by atoms with Crippen LogP contribution in [0.5, 0.6) is 0 Å². The molecule has 0 aliphatic heterocycles. The van der Waals surface area contributed by atoms with Crippen molar-refractivity contribution in [2.24, 2.45) is 5.73 Å². The molecule has 0 aliphatic carbocycles. The van der Waals surface area contributed by atoms with E-state index in [1.807, 2.05) is 13.0 Å². The van der Waals surface area contributed by atoms with Crippen molar-refractivity contribution in [2.45, 2.75) is 19.4 Å². The van der Waals surface area contributed by atoms with Crippen molar-refractivity contribution in [3.63, 3.8) is 0 Å². The van der Waals surface area contributed by atoms with Gasteiger partial charge in [-0.25, -0.2) is 8.78 Å². The Hall–Kier alpha value is -1.26. The van der Waals surface area contributed by atoms with Crippen LogP contribution < -0.4 is 5.73 Å². The zero-order valence-electron chi connectivity index (χ0n) is 9.41. The van der Waals surface area contributed by atoms with Gasteiger partial charge in [0, 0.05) is 15.8 Å². The van der Waals surface area contributed by atoms with Gasteiger partial charge in [0.15, 0.2) is 0 Å². The summed E-state index contributed by atoms with van der Waals surface area (Å²) < 4.78 is 27.1. The maximum Gasteiger partial charge on any atom is 0.134 e. The molecule has 0 radical (unpaired) electrons. The highest BCUT2D eigenvalue weighted by Crippen LogP contribution is 2.34. The van der Waals surface area contributed by atoms with E-state index in [1.165, 1.54) is 29.5 Å². The fourth-order valence-electron chi connectivity index (χ4n) is 1.62. The second-order valence-corrected chi connectivity index (χ2v) is 4.93. The molecule has 2 N–H and O–H groups in total. The molecule has 1 aromatic heterocycles. The Morgan fingerprint density at radius 2 is 1.82 bits per heavy atom. The molecule has 2 aromatic rings. The molecule has 0 saturated carbocycles. The lowest BCUT2D eigenvalue weighted by molar-refractivity contribution is 0.590. The SMILES string of the molecule is CCC(N)c1ccc(-c2c(F)cccc2F)s1. The molecule has 4 heteroatoms. The molecule has 1 heterocycles. The van der Waals surface area contributed by atoms with Crippen LogP contribution in [-0.2, 0) is 0 Å². The van der Waals surface area contributed by atoms with Gasteiger partial charge < -0.3 is 5.73 Å². The number of nitrogens with two attached hydrogens (primary N) is 1. The van der Waals surface area contributed by atoms with E-state index in [0.29, 0.717) is 4.88 Å². The van der Waals surface area contributed by atoms with E-state index in [2.05, 4.69) is 0 Å². The van der Waals surface area contributed by atoms with Gasteiger partial charge in [-0.1, -0.05) is 13.0 Å². The van der Waals surface area contributed by atoms with E-state index >= 15 is 0 Å². The van der Waals surface area contributed by atoms with Gasteiger partial charge in [-0.3, -0.25) is 0 Å². The first kappa shape index (κ1) is 12.2. The van der Waals surface area contributed by atoms with E-state index in [0.717, 1.165) is 11.3 Å². The van der Waals surface area contributed by atoms with Crippen molar-refractivity contribution >= 4 is 11.3 Å². The Morgan fingerprint density at radius 3 is 2.41 bits per heavy atom. The maximum atomic E-state index is 13.6. The molecule has 1 aromatic carbocycles. The summed E-state index contributed by atoms with van der Waals surface area (Å²) in [5.41, 5.74) is 5.92. The minimum Gasteiger partial charge on any atom is -0.323 e. The van der Waals surface area contributed by atoms with E-state index in [1.54, 1.807) is 6.07 Å². The summed E-state index contributed by atoms with van der Waals surface area (Å²) in [6.07, 6.45) is 0.805. The molecule has 0 amide bonds. The predicted octanol–water partition coefficient (Wildman–Crippen LogP) is 4.10. The normalized spacial score (nSPS) is 12.7. The minimum atomic E-state index is -0.538. The fourth-order valence-corrected chi connectivity index (χ4v) is 2.76. The van der Waals surface area contributed by atoms with Crippen LogP contribution in [0.3, 0.4) is 0 Å². The van der Waals surface area contributed by atoms with Crippen LogP contribution in [0.1, 0.15) is 24.3 Å². The van der Waals surface area contributed by atoms with Crippen LogP contribution in [0.25, 0.3) is 10.4 Å². The molecule has 0 spiro atoms. The Morgan fingerprint density at radius 1 is 1.18 bits per heavy atom. The summed E-state index contributed by atoms with van der Waals surface area (Å²) in [4.78, 5) is 1.53. The van der Waals surface area contributed by atoms with Gasteiger partial charge in [-0.15, -0.1) is 11.3 Å². The second kappa shape index (κ2) is 4.94. The largest absolute Gasteiger partial charge is 0.323 e. The quantitative estimate of drug-likeness (QED) is 0.875. The molecule has 2 rings (SSSR count). The van der Waals surface area contributed by atoms with E-state index in [4.69, 9.17) is 5.73 Å². The van der Waals surface area contributed by atoms with Gasteiger partial charge in [-0.2, -0.15) is 0 Å². The Labute approximate surface area is 103 Å². The third-order valence-electron chi connectivity index (χ3n) is 2.64. The van der Waals surface area contributed by atoms with Crippen LogP contribution in [0.15, 0.2) is 30.3 Å². The van der Waals surface area contributed by atoms with E-state index in [9.17, 15) is 8.78 Å². The number of hydrogen-bond donors (Lipinski definition) is 1. The molecule has 0 bridgehead atoms. The van der Waals surface area contributed by atoms with Gasteiger partial charge >= 0.3 is 0 Å². The first-order valence-corrected chi connectivity index (χ1v) is 6.24. The van der Waals surface area contributed by atoms with Crippen molar-refractivity contribution in [1.29, 1.82) is 0 Å². The zero-order valence-corrected chi connectivity index (χ0v) is 10.2. The number of thiophene rings is 1. The first-order chi connectivity index (χ1) is 8.13. The average molecular weight is 253 g/mol. The molecule has 0 fully saturated rings. The van der Waals surface area contributed by atoms with E-state index < -0.39 is 11.6 Å². The number of rotatable bonds is 3. The van der Waals surface area contributed by atoms with Crippen LogP contribution in [0.2, 0.25) is 0 Å². The number of halogens is 2. The average Bonchev–Trinajstić information content (AvgIpc) is 2.77. The first-order valence-electron chi connectivity index (χ1n) is 5.43. The molecule has 0 aliphatic rings. The van der Waals surface area contributed by atoms with Crippen molar-refractivity contribution in [3.8, 4) is 10.4 Å². The summed E-state index contributed by atoms with van der Waals surface area (Å²) >= 11 is 1.34. The van der Waals surface area contributed by atoms with Crippen molar-refractivity contribution < 1.29 is 8.78 Å². The number of benzene rings is 1. The lowest BCUT2D eigenvalue weighted by Crippen LogP contribution is -2.05. The van der Waals surface area contributed by atoms with Crippen molar-refractivity contribution in [1.82, 2.24) is 0 Å². The molecule has 17 heavy (non-hydrogen) atoms. The van der Waals surface area contributed by atoms with Gasteiger partial charge in [0.05, 0.1) is 5.56 Å². The van der Waals surface area contributed by atoms with Gasteiger partial charge in [0.25, 0.3) is 0 Å². The Balaban J connectivity index is 2.44. The topological polar surface area (TPSA) is 26.0 Å². The third-order valence-corrected chi connectivity index (χ3v) is 3.88. The molecule has 1 unspecified atom stereocenters. The molecular formula is C13H13F2NS. The summed E-state index contributed by atoms with van der Waals surface area (Å²) in [5, 5.41) is 0. The highest BCUT2D eigenvalue weighted by molar-refractivity contribution is 7.15. The molecule has 1 nitrogen and oxygen atoms in total. The standard InChI is InChI=1S/C13H13F2NS/c1-2-10(16)11-6-7-12(17-11)13-8(14)4-3-5-9(13)15/h3-7,10H,2,16H2,1H3. The molecule has 0 saturated heterocycles. The summed E-state index contributed by atoms with van der Waals surface area (Å²) in [7, 11) is 0. The van der Waals surface area contributed by atoms with Crippen molar-refractivity contribution in [2.75, 3.05) is 0 Å². The van der Waals surface area contributed by atoms with Gasteiger partial charge in [0.1, 0.15) is 11.6 Å². The van der Waals surface area contributed by atoms with Crippen LogP contribution in [0, 0.1) is 11.6 Å². The number of hydrogen-bond acceptors (Lipinski definition) is 2. The van der Waals surface area contributed by atoms with Crippen LogP contribution in [0.4, 0.5) is 8.78 Å². The fraction of sp³-hybridized carbons (Fsp3) is 0.231.